The largest absolute Gasteiger partial charge is 0.395 e. The first-order valence-electron chi connectivity index (χ1n) is 11.7. The van der Waals surface area contributed by atoms with Crippen molar-refractivity contribution in [3.05, 3.63) is 0 Å². The molecule has 10 heteroatoms. The smallest absolute Gasteiger partial charge is 0.0558 e. The van der Waals surface area contributed by atoms with Gasteiger partial charge in [0, 0.05) is 39.3 Å². The van der Waals surface area contributed by atoms with Gasteiger partial charge in [-0.25, -0.2) is 0 Å². The van der Waals surface area contributed by atoms with Crippen LogP contribution in [0.15, 0.2) is 0 Å². The van der Waals surface area contributed by atoms with Gasteiger partial charge in [-0.3, -0.25) is 9.80 Å². The molecule has 0 aliphatic carbocycles. The first kappa shape index (κ1) is 30.6. The molecule has 0 aromatic carbocycles. The van der Waals surface area contributed by atoms with E-state index in [1.54, 1.807) is 0 Å². The standard InChI is InChI=1S/C21H48N4O6/c26-16-10-22(6-2-8-24(12-18-28)13-19-29)4-1-5-23(11-17-27)7-3-9-25(14-20-30)15-21-31/h26-31H,1-21H2. The highest BCUT2D eigenvalue weighted by Crippen LogP contribution is 2.01. The maximum Gasteiger partial charge on any atom is 0.0558 e. The van der Waals surface area contributed by atoms with E-state index < -0.39 is 0 Å². The van der Waals surface area contributed by atoms with Crippen LogP contribution in [0.25, 0.3) is 0 Å². The fraction of sp³-hybridized carbons (Fsp3) is 1.00. The van der Waals surface area contributed by atoms with Crippen LogP contribution in [0, 0.1) is 0 Å². The number of aliphatic hydroxyl groups excluding tert-OH is 6. The van der Waals surface area contributed by atoms with E-state index in [4.69, 9.17) is 20.4 Å². The van der Waals surface area contributed by atoms with E-state index in [9.17, 15) is 10.2 Å². The number of hydrogen-bond donors (Lipinski definition) is 6. The quantitative estimate of drug-likeness (QED) is 0.0920. The predicted molar refractivity (Wildman–Crippen MR) is 122 cm³/mol. The summed E-state index contributed by atoms with van der Waals surface area (Å²) in [4.78, 5) is 8.54. The molecule has 0 saturated carbocycles. The lowest BCUT2D eigenvalue weighted by atomic mass is 10.2. The van der Waals surface area contributed by atoms with Crippen molar-refractivity contribution in [1.29, 1.82) is 0 Å². The van der Waals surface area contributed by atoms with E-state index in [1.807, 2.05) is 9.80 Å². The van der Waals surface area contributed by atoms with Gasteiger partial charge >= 0.3 is 0 Å². The van der Waals surface area contributed by atoms with Gasteiger partial charge < -0.3 is 40.4 Å². The molecule has 0 rings (SSSR count). The Kier molecular flexibility index (Phi) is 22.5. The Labute approximate surface area is 188 Å². The molecule has 0 heterocycles. The van der Waals surface area contributed by atoms with Gasteiger partial charge in [-0.2, -0.15) is 0 Å². The lowest BCUT2D eigenvalue weighted by Gasteiger charge is -2.27. The third-order valence-electron chi connectivity index (χ3n) is 5.34. The zero-order valence-corrected chi connectivity index (χ0v) is 19.3. The van der Waals surface area contributed by atoms with Crippen molar-refractivity contribution < 1.29 is 30.6 Å². The third kappa shape index (κ3) is 17.8. The molecule has 0 aliphatic rings. The SMILES string of the molecule is OCCN(CCO)CCCN(CCO)CCCN(CCO)CCCN(CCO)CCO. The number of rotatable bonds is 24. The van der Waals surface area contributed by atoms with Crippen LogP contribution in [0.4, 0.5) is 0 Å². The summed E-state index contributed by atoms with van der Waals surface area (Å²) in [6.45, 7) is 9.08. The maximum atomic E-state index is 9.36. The molecule has 0 bridgehead atoms. The Balaban J connectivity index is 4.28. The fourth-order valence-electron chi connectivity index (χ4n) is 3.74. The molecule has 31 heavy (non-hydrogen) atoms. The van der Waals surface area contributed by atoms with Gasteiger partial charge in [-0.15, -0.1) is 0 Å². The van der Waals surface area contributed by atoms with Crippen LogP contribution in [0.1, 0.15) is 19.3 Å². The second-order valence-corrected chi connectivity index (χ2v) is 7.77. The average molecular weight is 453 g/mol. The summed E-state index contributed by atoms with van der Waals surface area (Å²) in [5.41, 5.74) is 0. The van der Waals surface area contributed by atoms with Gasteiger partial charge in [0.2, 0.25) is 0 Å². The molecular weight excluding hydrogens is 404 g/mol. The highest BCUT2D eigenvalue weighted by atomic mass is 16.3. The summed E-state index contributed by atoms with van der Waals surface area (Å²) >= 11 is 0. The normalized spacial score (nSPS) is 12.2. The molecule has 0 radical (unpaired) electrons. The topological polar surface area (TPSA) is 134 Å². The summed E-state index contributed by atoms with van der Waals surface area (Å²) in [7, 11) is 0. The monoisotopic (exact) mass is 452 g/mol. The van der Waals surface area contributed by atoms with Gasteiger partial charge in [0.15, 0.2) is 0 Å². The Hall–Kier alpha value is -0.400. The molecule has 0 unspecified atom stereocenters. The van der Waals surface area contributed by atoms with Crippen molar-refractivity contribution in [3.63, 3.8) is 0 Å². The van der Waals surface area contributed by atoms with Crippen molar-refractivity contribution in [3.8, 4) is 0 Å². The number of hydrogen-bond acceptors (Lipinski definition) is 10. The van der Waals surface area contributed by atoms with E-state index in [0.717, 1.165) is 58.5 Å². The minimum absolute atomic E-state index is 0.0821. The van der Waals surface area contributed by atoms with Crippen LogP contribution in [0.2, 0.25) is 0 Å². The van der Waals surface area contributed by atoms with E-state index >= 15 is 0 Å². The van der Waals surface area contributed by atoms with Crippen molar-refractivity contribution in [2.45, 2.75) is 19.3 Å². The van der Waals surface area contributed by atoms with Gasteiger partial charge in [0.25, 0.3) is 0 Å². The minimum Gasteiger partial charge on any atom is -0.395 e. The second-order valence-electron chi connectivity index (χ2n) is 7.77. The third-order valence-corrected chi connectivity index (χ3v) is 5.34. The molecule has 0 aromatic rings. The van der Waals surface area contributed by atoms with Crippen LogP contribution in [-0.2, 0) is 0 Å². The highest BCUT2D eigenvalue weighted by molar-refractivity contribution is 4.66. The summed E-state index contributed by atoms with van der Waals surface area (Å²) in [5.74, 6) is 0. The van der Waals surface area contributed by atoms with Gasteiger partial charge in [0.05, 0.1) is 39.6 Å². The van der Waals surface area contributed by atoms with Crippen molar-refractivity contribution >= 4 is 0 Å². The van der Waals surface area contributed by atoms with Crippen LogP contribution in [-0.4, -0.2) is 168 Å². The molecule has 188 valence electrons. The molecule has 6 N–H and O–H groups in total. The van der Waals surface area contributed by atoms with Crippen LogP contribution in [0.3, 0.4) is 0 Å². The molecule has 0 fully saturated rings. The van der Waals surface area contributed by atoms with Crippen LogP contribution >= 0.6 is 0 Å². The Morgan fingerprint density at radius 3 is 0.581 bits per heavy atom. The lowest BCUT2D eigenvalue weighted by Crippen LogP contribution is -2.37. The van der Waals surface area contributed by atoms with Gasteiger partial charge in [-0.05, 0) is 58.5 Å². The molecule has 0 atom stereocenters. The number of aliphatic hydroxyl groups is 6. The van der Waals surface area contributed by atoms with E-state index in [0.29, 0.717) is 39.3 Å². The molecule has 0 amide bonds. The second kappa shape index (κ2) is 22.8. The van der Waals surface area contributed by atoms with Crippen molar-refractivity contribution in [2.24, 2.45) is 0 Å². The van der Waals surface area contributed by atoms with Crippen LogP contribution < -0.4 is 0 Å². The summed E-state index contributed by atoms with van der Waals surface area (Å²) in [6, 6.07) is 0. The predicted octanol–water partition coefficient (Wildman–Crippen LogP) is -2.68. The zero-order chi connectivity index (χ0) is 23.2. The molecular formula is C21H48N4O6. The minimum atomic E-state index is 0.0821. The van der Waals surface area contributed by atoms with Gasteiger partial charge in [-0.1, -0.05) is 0 Å². The van der Waals surface area contributed by atoms with E-state index in [1.165, 1.54) is 0 Å². The zero-order valence-electron chi connectivity index (χ0n) is 19.3. The lowest BCUT2D eigenvalue weighted by molar-refractivity contribution is 0.138. The molecule has 0 spiro atoms. The van der Waals surface area contributed by atoms with Crippen molar-refractivity contribution in [1.82, 2.24) is 19.6 Å². The summed E-state index contributed by atoms with van der Waals surface area (Å²) in [6.07, 6.45) is 2.76. The average Bonchev–Trinajstić information content (AvgIpc) is 2.74. The Bertz CT molecular complexity index is 327. The highest BCUT2D eigenvalue weighted by Gasteiger charge is 2.10. The van der Waals surface area contributed by atoms with E-state index in [-0.39, 0.29) is 39.6 Å². The number of nitrogens with zero attached hydrogens (tertiary/aromatic N) is 4. The fourth-order valence-corrected chi connectivity index (χ4v) is 3.74. The van der Waals surface area contributed by atoms with Crippen molar-refractivity contribution in [2.75, 3.05) is 118 Å². The molecule has 0 aromatic heterocycles. The van der Waals surface area contributed by atoms with Crippen LogP contribution in [0.5, 0.6) is 0 Å². The molecule has 0 aliphatic heterocycles. The maximum absolute atomic E-state index is 9.36. The first-order valence-corrected chi connectivity index (χ1v) is 11.7. The van der Waals surface area contributed by atoms with E-state index in [2.05, 4.69) is 9.80 Å². The van der Waals surface area contributed by atoms with Gasteiger partial charge in [0.1, 0.15) is 0 Å². The molecule has 10 nitrogen and oxygen atoms in total. The Morgan fingerprint density at radius 2 is 0.419 bits per heavy atom. The first-order chi connectivity index (χ1) is 15.1. The summed E-state index contributed by atoms with van der Waals surface area (Å²) in [5, 5.41) is 55.1. The Morgan fingerprint density at radius 1 is 0.258 bits per heavy atom. The molecule has 0 saturated heterocycles. The summed E-state index contributed by atoms with van der Waals surface area (Å²) < 4.78 is 0.